The second kappa shape index (κ2) is 13.6. The van der Waals surface area contributed by atoms with E-state index in [1.165, 1.54) is 17.0 Å². The number of benzene rings is 3. The van der Waals surface area contributed by atoms with E-state index in [2.05, 4.69) is 5.32 Å². The molecule has 2 amide bonds. The average molecular weight is 570 g/mol. The first-order valence-corrected chi connectivity index (χ1v) is 14.9. The van der Waals surface area contributed by atoms with Crippen molar-refractivity contribution in [3.63, 3.8) is 0 Å². The average Bonchev–Trinajstić information content (AvgIpc) is 2.93. The van der Waals surface area contributed by atoms with Crippen LogP contribution in [0.3, 0.4) is 0 Å². The van der Waals surface area contributed by atoms with Gasteiger partial charge >= 0.3 is 0 Å². The number of rotatable bonds is 12. The van der Waals surface area contributed by atoms with Crippen LogP contribution >= 0.6 is 11.6 Å². The third-order valence-electron chi connectivity index (χ3n) is 6.59. The lowest BCUT2D eigenvalue weighted by molar-refractivity contribution is -0.140. The van der Waals surface area contributed by atoms with E-state index >= 15 is 0 Å². The Kier molecular flexibility index (Phi) is 10.5. The minimum absolute atomic E-state index is 0.0680. The van der Waals surface area contributed by atoms with Crippen molar-refractivity contribution in [3.05, 3.63) is 95.0 Å². The summed E-state index contributed by atoms with van der Waals surface area (Å²) < 4.78 is 28.7. The molecule has 3 rings (SSSR count). The molecular formula is C30H36ClN3O4S. The monoisotopic (exact) mass is 569 g/mol. The predicted molar refractivity (Wildman–Crippen MR) is 156 cm³/mol. The van der Waals surface area contributed by atoms with Crippen LogP contribution in [0.4, 0.5) is 5.69 Å². The van der Waals surface area contributed by atoms with Gasteiger partial charge in [0.25, 0.3) is 10.0 Å². The molecule has 0 heterocycles. The molecule has 0 aliphatic rings. The number of hydrogen-bond acceptors (Lipinski definition) is 4. The lowest BCUT2D eigenvalue weighted by Gasteiger charge is -2.33. The molecule has 3 aromatic rings. The summed E-state index contributed by atoms with van der Waals surface area (Å²) in [5, 5.41) is 3.53. The Labute approximate surface area is 236 Å². The van der Waals surface area contributed by atoms with Gasteiger partial charge in [-0.3, -0.25) is 13.9 Å². The van der Waals surface area contributed by atoms with E-state index in [9.17, 15) is 18.0 Å². The molecule has 0 aliphatic carbocycles. The predicted octanol–water partition coefficient (Wildman–Crippen LogP) is 5.57. The van der Waals surface area contributed by atoms with E-state index in [-0.39, 0.29) is 23.4 Å². The quantitative estimate of drug-likeness (QED) is 0.309. The number of hydrogen-bond donors (Lipinski definition) is 1. The SMILES string of the molecule is CC[C@H](C(=O)N[C@@H](C)CC)N(Cc1ccc(Cl)cc1)C(=O)CN(c1ccc(C)cc1)S(=O)(=O)c1ccccc1. The van der Waals surface area contributed by atoms with Gasteiger partial charge in [-0.15, -0.1) is 0 Å². The molecule has 0 fully saturated rings. The molecular weight excluding hydrogens is 534 g/mol. The third kappa shape index (κ3) is 7.83. The van der Waals surface area contributed by atoms with Gasteiger partial charge in [0.15, 0.2) is 0 Å². The highest BCUT2D eigenvalue weighted by atomic mass is 35.5. The van der Waals surface area contributed by atoms with E-state index in [1.807, 2.05) is 27.7 Å². The number of carbonyl (C=O) groups is 2. The van der Waals surface area contributed by atoms with Crippen LogP contribution in [0.15, 0.2) is 83.8 Å². The Morgan fingerprint density at radius 1 is 0.897 bits per heavy atom. The molecule has 0 saturated carbocycles. The molecule has 0 saturated heterocycles. The maximum Gasteiger partial charge on any atom is 0.264 e. The number of amides is 2. The van der Waals surface area contributed by atoms with Crippen molar-refractivity contribution in [2.45, 2.75) is 64.1 Å². The number of carbonyl (C=O) groups excluding carboxylic acids is 2. The van der Waals surface area contributed by atoms with Crippen LogP contribution in [0.5, 0.6) is 0 Å². The highest BCUT2D eigenvalue weighted by Crippen LogP contribution is 2.25. The summed E-state index contributed by atoms with van der Waals surface area (Å²) in [6, 6.07) is 21.1. The second-order valence-corrected chi connectivity index (χ2v) is 11.8. The molecule has 0 bridgehead atoms. The van der Waals surface area contributed by atoms with Gasteiger partial charge in [-0.2, -0.15) is 0 Å². The van der Waals surface area contributed by atoms with Crippen LogP contribution < -0.4 is 9.62 Å². The lowest BCUT2D eigenvalue weighted by atomic mass is 10.1. The summed E-state index contributed by atoms with van der Waals surface area (Å²) >= 11 is 6.06. The van der Waals surface area contributed by atoms with Crippen molar-refractivity contribution in [1.29, 1.82) is 0 Å². The second-order valence-electron chi connectivity index (χ2n) is 9.55. The van der Waals surface area contributed by atoms with Crippen molar-refractivity contribution in [2.24, 2.45) is 0 Å². The summed E-state index contributed by atoms with van der Waals surface area (Å²) in [4.78, 5) is 28.8. The Morgan fingerprint density at radius 2 is 1.51 bits per heavy atom. The number of sulfonamides is 1. The van der Waals surface area contributed by atoms with Gasteiger partial charge in [0, 0.05) is 17.6 Å². The summed E-state index contributed by atoms with van der Waals surface area (Å²) in [7, 11) is -4.08. The fourth-order valence-electron chi connectivity index (χ4n) is 4.11. The maximum atomic E-state index is 14.0. The fourth-order valence-corrected chi connectivity index (χ4v) is 5.67. The minimum atomic E-state index is -4.08. The molecule has 0 aromatic heterocycles. The molecule has 0 spiro atoms. The van der Waals surface area contributed by atoms with E-state index < -0.39 is 28.5 Å². The smallest absolute Gasteiger partial charge is 0.264 e. The summed E-state index contributed by atoms with van der Waals surface area (Å²) in [6.45, 7) is 7.26. The molecule has 2 atom stereocenters. The van der Waals surface area contributed by atoms with Crippen molar-refractivity contribution < 1.29 is 18.0 Å². The minimum Gasteiger partial charge on any atom is -0.352 e. The number of anilines is 1. The van der Waals surface area contributed by atoms with Gasteiger partial charge in [-0.1, -0.05) is 73.5 Å². The Bertz CT molecular complexity index is 1350. The van der Waals surface area contributed by atoms with Crippen LogP contribution in [-0.4, -0.2) is 43.8 Å². The Hall–Kier alpha value is -3.36. The van der Waals surface area contributed by atoms with Gasteiger partial charge in [-0.05, 0) is 68.7 Å². The highest BCUT2D eigenvalue weighted by Gasteiger charge is 2.33. The molecule has 7 nitrogen and oxygen atoms in total. The summed E-state index contributed by atoms with van der Waals surface area (Å²) in [5.41, 5.74) is 2.09. The van der Waals surface area contributed by atoms with E-state index in [0.717, 1.165) is 21.9 Å². The fraction of sp³-hybridized carbons (Fsp3) is 0.333. The van der Waals surface area contributed by atoms with Gasteiger partial charge in [0.1, 0.15) is 12.6 Å². The highest BCUT2D eigenvalue weighted by molar-refractivity contribution is 7.92. The van der Waals surface area contributed by atoms with Gasteiger partial charge in [-0.25, -0.2) is 8.42 Å². The first-order valence-electron chi connectivity index (χ1n) is 13.1. The first-order chi connectivity index (χ1) is 18.6. The van der Waals surface area contributed by atoms with E-state index in [0.29, 0.717) is 17.1 Å². The number of nitrogens with one attached hydrogen (secondary N) is 1. The molecule has 3 aromatic carbocycles. The number of nitrogens with zero attached hydrogens (tertiary/aromatic N) is 2. The van der Waals surface area contributed by atoms with Crippen molar-refractivity contribution >= 4 is 39.1 Å². The third-order valence-corrected chi connectivity index (χ3v) is 8.63. The van der Waals surface area contributed by atoms with Crippen molar-refractivity contribution in [2.75, 3.05) is 10.8 Å². The first kappa shape index (κ1) is 30.2. The van der Waals surface area contributed by atoms with Gasteiger partial charge in [0.2, 0.25) is 11.8 Å². The largest absolute Gasteiger partial charge is 0.352 e. The lowest BCUT2D eigenvalue weighted by Crippen LogP contribution is -2.53. The zero-order valence-corrected chi connectivity index (χ0v) is 24.4. The van der Waals surface area contributed by atoms with E-state index in [1.54, 1.807) is 66.7 Å². The van der Waals surface area contributed by atoms with Crippen LogP contribution in [0.25, 0.3) is 0 Å². The molecule has 9 heteroatoms. The topological polar surface area (TPSA) is 86.8 Å². The summed E-state index contributed by atoms with van der Waals surface area (Å²) in [5.74, 6) is -0.766. The van der Waals surface area contributed by atoms with Crippen molar-refractivity contribution in [3.8, 4) is 0 Å². The molecule has 208 valence electrons. The molecule has 0 aliphatic heterocycles. The van der Waals surface area contributed by atoms with Gasteiger partial charge in [0.05, 0.1) is 10.6 Å². The van der Waals surface area contributed by atoms with Crippen LogP contribution in [0, 0.1) is 6.92 Å². The number of aryl methyl sites for hydroxylation is 1. The Morgan fingerprint density at radius 3 is 2.08 bits per heavy atom. The van der Waals surface area contributed by atoms with Crippen LogP contribution in [0.1, 0.15) is 44.7 Å². The van der Waals surface area contributed by atoms with E-state index in [4.69, 9.17) is 11.6 Å². The zero-order chi connectivity index (χ0) is 28.6. The zero-order valence-electron chi connectivity index (χ0n) is 22.8. The molecule has 0 radical (unpaired) electrons. The van der Waals surface area contributed by atoms with Crippen molar-refractivity contribution in [1.82, 2.24) is 10.2 Å². The summed E-state index contributed by atoms with van der Waals surface area (Å²) in [6.07, 6.45) is 1.10. The molecule has 39 heavy (non-hydrogen) atoms. The molecule has 1 N–H and O–H groups in total. The standard InChI is InChI=1S/C30H36ClN3O4S/c1-5-23(4)32-30(36)28(6-2)33(20-24-14-16-25(31)17-15-24)29(35)21-34(26-18-12-22(3)13-19-26)39(37,38)27-10-8-7-9-11-27/h7-19,23,28H,5-6,20-21H2,1-4H3,(H,32,36)/t23-,28+/m0/s1. The van der Waals surface area contributed by atoms with Gasteiger partial charge < -0.3 is 10.2 Å². The Balaban J connectivity index is 2.03. The maximum absolute atomic E-state index is 14.0. The van der Waals surface area contributed by atoms with Crippen LogP contribution in [-0.2, 0) is 26.2 Å². The van der Waals surface area contributed by atoms with Crippen LogP contribution in [0.2, 0.25) is 5.02 Å². The number of halogens is 1. The normalized spacial score (nSPS) is 12.8. The molecule has 0 unspecified atom stereocenters.